The highest BCUT2D eigenvalue weighted by Crippen LogP contribution is 2.21. The number of nitrogens with zero attached hydrogens (tertiary/aromatic N) is 2. The van der Waals surface area contributed by atoms with Crippen LogP contribution in [0.25, 0.3) is 0 Å². The molecule has 0 saturated carbocycles. The van der Waals surface area contributed by atoms with E-state index in [-0.39, 0.29) is 29.4 Å². The lowest BCUT2D eigenvalue weighted by Gasteiger charge is -2.26. The molecule has 1 aromatic carbocycles. The van der Waals surface area contributed by atoms with E-state index in [1.54, 1.807) is 11.3 Å². The van der Waals surface area contributed by atoms with E-state index in [0.717, 1.165) is 31.2 Å². The van der Waals surface area contributed by atoms with Crippen molar-refractivity contribution in [1.82, 2.24) is 15.6 Å². The van der Waals surface area contributed by atoms with Gasteiger partial charge in [0.15, 0.2) is 5.96 Å². The van der Waals surface area contributed by atoms with Gasteiger partial charge in [0.1, 0.15) is 0 Å². The molecule has 0 spiro atoms. The number of aromatic nitrogens is 1. The zero-order valence-corrected chi connectivity index (χ0v) is 19.5. The molecular formula is C20H31IN4S. The molecule has 144 valence electrons. The molecule has 0 amide bonds. The summed E-state index contributed by atoms with van der Waals surface area (Å²) >= 11 is 1.75. The highest BCUT2D eigenvalue weighted by Gasteiger charge is 2.20. The van der Waals surface area contributed by atoms with Crippen molar-refractivity contribution in [3.63, 3.8) is 0 Å². The van der Waals surface area contributed by atoms with Crippen molar-refractivity contribution in [1.29, 1.82) is 0 Å². The fraction of sp³-hybridized carbons (Fsp3) is 0.500. The third-order valence-electron chi connectivity index (χ3n) is 4.21. The van der Waals surface area contributed by atoms with Gasteiger partial charge in [0.25, 0.3) is 0 Å². The van der Waals surface area contributed by atoms with Crippen LogP contribution in [0.1, 0.15) is 49.9 Å². The second-order valence-electron chi connectivity index (χ2n) is 7.18. The maximum Gasteiger partial charge on any atom is 0.191 e. The summed E-state index contributed by atoms with van der Waals surface area (Å²) in [6.07, 6.45) is 0.909. The fourth-order valence-electron chi connectivity index (χ4n) is 2.53. The summed E-state index contributed by atoms with van der Waals surface area (Å²) in [6, 6.07) is 10.6. The monoisotopic (exact) mass is 486 g/mol. The van der Waals surface area contributed by atoms with Crippen LogP contribution >= 0.6 is 35.3 Å². The van der Waals surface area contributed by atoms with E-state index in [1.165, 1.54) is 10.6 Å². The fourth-order valence-corrected chi connectivity index (χ4v) is 3.40. The standard InChI is InChI=1S/C20H30N4S.HI/c1-15(2)18-24-17(13-25-18)11-12-22-19(21-5)23-14-20(3,4)16-9-7-6-8-10-16;/h6-10,13,15H,11-12,14H2,1-5H3,(H2,21,22,23);1H. The molecule has 1 heterocycles. The van der Waals surface area contributed by atoms with Crippen molar-refractivity contribution in [3.05, 3.63) is 52.0 Å². The van der Waals surface area contributed by atoms with Gasteiger partial charge in [0, 0.05) is 43.3 Å². The number of nitrogens with one attached hydrogen (secondary N) is 2. The molecule has 2 rings (SSSR count). The first-order chi connectivity index (χ1) is 11.9. The first kappa shape index (κ1) is 22.9. The second kappa shape index (κ2) is 10.9. The Morgan fingerprint density at radius 3 is 2.46 bits per heavy atom. The summed E-state index contributed by atoms with van der Waals surface area (Å²) in [7, 11) is 1.81. The Labute approximate surface area is 179 Å². The molecule has 0 aliphatic carbocycles. The number of thiazole rings is 1. The van der Waals surface area contributed by atoms with E-state index in [4.69, 9.17) is 0 Å². The van der Waals surface area contributed by atoms with Crippen LogP contribution < -0.4 is 10.6 Å². The molecule has 0 unspecified atom stereocenters. The van der Waals surface area contributed by atoms with Crippen LogP contribution in [0.2, 0.25) is 0 Å². The second-order valence-corrected chi connectivity index (χ2v) is 8.07. The molecule has 0 fully saturated rings. The van der Waals surface area contributed by atoms with Crippen molar-refractivity contribution in [2.24, 2.45) is 4.99 Å². The minimum absolute atomic E-state index is 0. The third-order valence-corrected chi connectivity index (χ3v) is 5.41. The first-order valence-corrected chi connectivity index (χ1v) is 9.74. The Balaban J connectivity index is 0.00000338. The van der Waals surface area contributed by atoms with E-state index >= 15 is 0 Å². The molecule has 0 aliphatic rings. The molecule has 0 aliphatic heterocycles. The van der Waals surface area contributed by atoms with Crippen molar-refractivity contribution in [3.8, 4) is 0 Å². The van der Waals surface area contributed by atoms with Crippen molar-refractivity contribution >= 4 is 41.3 Å². The number of benzene rings is 1. The summed E-state index contributed by atoms with van der Waals surface area (Å²) in [6.45, 7) is 10.5. The average Bonchev–Trinajstić information content (AvgIpc) is 3.08. The lowest BCUT2D eigenvalue weighted by atomic mass is 9.85. The van der Waals surface area contributed by atoms with Crippen molar-refractivity contribution < 1.29 is 0 Å². The average molecular weight is 486 g/mol. The van der Waals surface area contributed by atoms with Gasteiger partial charge >= 0.3 is 0 Å². The van der Waals surface area contributed by atoms with Crippen LogP contribution in [0.3, 0.4) is 0 Å². The third kappa shape index (κ3) is 6.87. The molecule has 4 nitrogen and oxygen atoms in total. The molecule has 0 radical (unpaired) electrons. The van der Waals surface area contributed by atoms with Gasteiger partial charge in [-0.2, -0.15) is 0 Å². The molecule has 1 aromatic heterocycles. The Kier molecular flexibility index (Phi) is 9.57. The Bertz CT molecular complexity index is 680. The topological polar surface area (TPSA) is 49.3 Å². The number of guanidine groups is 1. The number of halogens is 1. The molecule has 0 bridgehead atoms. The van der Waals surface area contributed by atoms with Crippen LogP contribution in [0, 0.1) is 0 Å². The lowest BCUT2D eigenvalue weighted by Crippen LogP contribution is -2.44. The Morgan fingerprint density at radius 2 is 1.88 bits per heavy atom. The van der Waals surface area contributed by atoms with Gasteiger partial charge in [-0.3, -0.25) is 4.99 Å². The number of rotatable bonds is 7. The smallest absolute Gasteiger partial charge is 0.191 e. The zero-order chi connectivity index (χ0) is 18.3. The maximum absolute atomic E-state index is 4.68. The van der Waals surface area contributed by atoms with E-state index in [1.807, 2.05) is 7.05 Å². The largest absolute Gasteiger partial charge is 0.356 e. The van der Waals surface area contributed by atoms with Crippen molar-refractivity contribution in [2.45, 2.75) is 45.4 Å². The SMILES string of the molecule is CN=C(NCCc1csc(C(C)C)n1)NCC(C)(C)c1ccccc1.I. The Hall–Kier alpha value is -1.15. The van der Waals surface area contributed by atoms with Gasteiger partial charge in [-0.1, -0.05) is 58.0 Å². The molecule has 0 atom stereocenters. The summed E-state index contributed by atoms with van der Waals surface area (Å²) in [5, 5.41) is 10.2. The van der Waals surface area contributed by atoms with E-state index in [2.05, 4.69) is 84.0 Å². The molecule has 0 saturated heterocycles. The first-order valence-electron chi connectivity index (χ1n) is 8.86. The molecule has 6 heteroatoms. The highest BCUT2D eigenvalue weighted by atomic mass is 127. The van der Waals surface area contributed by atoms with Crippen LogP contribution in [0.4, 0.5) is 0 Å². The van der Waals surface area contributed by atoms with Crippen molar-refractivity contribution in [2.75, 3.05) is 20.1 Å². The predicted molar refractivity (Wildman–Crippen MR) is 124 cm³/mol. The van der Waals surface area contributed by atoms with E-state index < -0.39 is 0 Å². The van der Waals surface area contributed by atoms with Crippen LogP contribution in [0.5, 0.6) is 0 Å². The van der Waals surface area contributed by atoms with Gasteiger partial charge in [-0.05, 0) is 5.56 Å². The van der Waals surface area contributed by atoms with Crippen LogP contribution in [-0.2, 0) is 11.8 Å². The number of aliphatic imine (C=N–C) groups is 1. The lowest BCUT2D eigenvalue weighted by molar-refractivity contribution is 0.508. The number of hydrogen-bond acceptors (Lipinski definition) is 3. The predicted octanol–water partition coefficient (Wildman–Crippen LogP) is 4.57. The molecule has 26 heavy (non-hydrogen) atoms. The van der Waals surface area contributed by atoms with E-state index in [0.29, 0.717) is 5.92 Å². The van der Waals surface area contributed by atoms with E-state index in [9.17, 15) is 0 Å². The zero-order valence-electron chi connectivity index (χ0n) is 16.4. The van der Waals surface area contributed by atoms with Crippen LogP contribution in [0.15, 0.2) is 40.7 Å². The van der Waals surface area contributed by atoms with Crippen LogP contribution in [-0.4, -0.2) is 31.1 Å². The quantitative estimate of drug-likeness (QED) is 0.343. The van der Waals surface area contributed by atoms with Gasteiger partial charge < -0.3 is 10.6 Å². The minimum Gasteiger partial charge on any atom is -0.356 e. The maximum atomic E-state index is 4.68. The summed E-state index contributed by atoms with van der Waals surface area (Å²) in [5.41, 5.74) is 2.52. The summed E-state index contributed by atoms with van der Waals surface area (Å²) in [5.74, 6) is 1.34. The Morgan fingerprint density at radius 1 is 1.19 bits per heavy atom. The van der Waals surface area contributed by atoms with Gasteiger partial charge in [0.2, 0.25) is 0 Å². The normalized spacial score (nSPS) is 12.0. The van der Waals surface area contributed by atoms with Gasteiger partial charge in [-0.25, -0.2) is 4.98 Å². The van der Waals surface area contributed by atoms with Gasteiger partial charge in [-0.15, -0.1) is 35.3 Å². The molecular weight excluding hydrogens is 455 g/mol. The molecule has 2 N–H and O–H groups in total. The summed E-state index contributed by atoms with van der Waals surface area (Å²) < 4.78 is 0. The molecule has 2 aromatic rings. The number of hydrogen-bond donors (Lipinski definition) is 2. The summed E-state index contributed by atoms with van der Waals surface area (Å²) in [4.78, 5) is 9.00. The minimum atomic E-state index is 0. The highest BCUT2D eigenvalue weighted by molar-refractivity contribution is 14.0. The van der Waals surface area contributed by atoms with Gasteiger partial charge in [0.05, 0.1) is 10.7 Å².